The van der Waals surface area contributed by atoms with E-state index in [1.54, 1.807) is 36.4 Å². The number of benzene rings is 2. The van der Waals surface area contributed by atoms with Gasteiger partial charge in [0.1, 0.15) is 5.75 Å². The van der Waals surface area contributed by atoms with E-state index in [1.165, 1.54) is 0 Å². The largest absolute Gasteiger partial charge is 0.484 e. The van der Waals surface area contributed by atoms with Gasteiger partial charge in [0.25, 0.3) is 5.91 Å². The molecule has 0 unspecified atom stereocenters. The summed E-state index contributed by atoms with van der Waals surface area (Å²) in [5.41, 5.74) is 6.33. The van der Waals surface area contributed by atoms with E-state index in [0.29, 0.717) is 11.3 Å². The number of nitrogens with one attached hydrogen (secondary N) is 1. The van der Waals surface area contributed by atoms with Crippen LogP contribution in [0.15, 0.2) is 54.6 Å². The van der Waals surface area contributed by atoms with Crippen molar-refractivity contribution in [3.05, 3.63) is 65.7 Å². The lowest BCUT2D eigenvalue weighted by Crippen LogP contribution is -2.29. The number of carbonyl (C=O) groups excluding carboxylic acids is 2. The van der Waals surface area contributed by atoms with Crippen LogP contribution in [0.5, 0.6) is 5.75 Å². The highest BCUT2D eigenvalue weighted by atomic mass is 16.5. The molecule has 0 radical (unpaired) electrons. The summed E-state index contributed by atoms with van der Waals surface area (Å²) < 4.78 is 5.31. The van der Waals surface area contributed by atoms with Crippen LogP contribution in [0.2, 0.25) is 0 Å². The second kappa shape index (κ2) is 8.25. The van der Waals surface area contributed by atoms with Gasteiger partial charge in [-0.2, -0.15) is 0 Å². The van der Waals surface area contributed by atoms with E-state index < -0.39 is 5.91 Å². The van der Waals surface area contributed by atoms with E-state index in [1.807, 2.05) is 18.2 Å². The first-order chi connectivity index (χ1) is 11.1. The van der Waals surface area contributed by atoms with Gasteiger partial charge in [0, 0.05) is 11.1 Å². The lowest BCUT2D eigenvalue weighted by molar-refractivity contribution is -0.122. The lowest BCUT2D eigenvalue weighted by atomic mass is 10.1. The fraction of sp³-hybridized carbons (Fsp3) is 0.111. The van der Waals surface area contributed by atoms with Gasteiger partial charge in [0.05, 0.1) is 6.54 Å². The first kappa shape index (κ1) is 16.1. The van der Waals surface area contributed by atoms with Crippen molar-refractivity contribution in [3.8, 4) is 17.6 Å². The molecule has 3 N–H and O–H groups in total. The molecule has 0 heterocycles. The van der Waals surface area contributed by atoms with Gasteiger partial charge in [-0.3, -0.25) is 9.59 Å². The number of nitrogens with two attached hydrogens (primary N) is 1. The maximum absolute atomic E-state index is 11.6. The van der Waals surface area contributed by atoms with Crippen molar-refractivity contribution >= 4 is 11.8 Å². The van der Waals surface area contributed by atoms with E-state index in [9.17, 15) is 9.59 Å². The summed E-state index contributed by atoms with van der Waals surface area (Å²) in [6.45, 7) is 0.160. The van der Waals surface area contributed by atoms with Crippen LogP contribution in [0.4, 0.5) is 0 Å². The average molecular weight is 308 g/mol. The molecule has 2 amide bonds. The van der Waals surface area contributed by atoms with Crippen molar-refractivity contribution in [2.45, 2.75) is 0 Å². The van der Waals surface area contributed by atoms with Gasteiger partial charge in [0.2, 0.25) is 5.91 Å². The lowest BCUT2D eigenvalue weighted by Gasteiger charge is -2.04. The molecule has 0 aliphatic rings. The Kier molecular flexibility index (Phi) is 5.78. The minimum absolute atomic E-state index is 0.0565. The zero-order valence-corrected chi connectivity index (χ0v) is 12.4. The monoisotopic (exact) mass is 308 g/mol. The first-order valence-electron chi connectivity index (χ1n) is 6.98. The average Bonchev–Trinajstić information content (AvgIpc) is 2.58. The summed E-state index contributed by atoms with van der Waals surface area (Å²) >= 11 is 0. The molecule has 0 aliphatic heterocycles. The second-order valence-corrected chi connectivity index (χ2v) is 4.62. The van der Waals surface area contributed by atoms with Crippen LogP contribution in [-0.4, -0.2) is 25.0 Å². The molecule has 2 aromatic carbocycles. The summed E-state index contributed by atoms with van der Waals surface area (Å²) in [5.74, 6) is 5.63. The predicted molar refractivity (Wildman–Crippen MR) is 86.8 cm³/mol. The van der Waals surface area contributed by atoms with Crippen molar-refractivity contribution in [3.63, 3.8) is 0 Å². The first-order valence-corrected chi connectivity index (χ1v) is 6.98. The Hall–Kier alpha value is -3.26. The van der Waals surface area contributed by atoms with Gasteiger partial charge in [-0.1, -0.05) is 30.0 Å². The Morgan fingerprint density at radius 1 is 1.04 bits per heavy atom. The Morgan fingerprint density at radius 3 is 2.39 bits per heavy atom. The van der Waals surface area contributed by atoms with E-state index >= 15 is 0 Å². The number of amides is 2. The van der Waals surface area contributed by atoms with E-state index in [2.05, 4.69) is 17.2 Å². The van der Waals surface area contributed by atoms with Gasteiger partial charge < -0.3 is 15.8 Å². The number of para-hydroxylation sites is 1. The smallest absolute Gasteiger partial charge is 0.258 e. The van der Waals surface area contributed by atoms with Gasteiger partial charge >= 0.3 is 0 Å². The summed E-state index contributed by atoms with van der Waals surface area (Å²) in [4.78, 5) is 22.5. The van der Waals surface area contributed by atoms with Crippen LogP contribution in [-0.2, 0) is 4.79 Å². The summed E-state index contributed by atoms with van der Waals surface area (Å²) in [6, 6.07) is 15.7. The summed E-state index contributed by atoms with van der Waals surface area (Å²) in [5, 5.41) is 2.64. The Bertz CT molecular complexity index is 728. The van der Waals surface area contributed by atoms with Crippen LogP contribution in [0, 0.1) is 11.8 Å². The molecule has 0 aliphatic carbocycles. The molecule has 5 nitrogen and oxygen atoms in total. The number of hydrogen-bond donors (Lipinski definition) is 2. The molecule has 5 heteroatoms. The van der Waals surface area contributed by atoms with Crippen LogP contribution < -0.4 is 15.8 Å². The van der Waals surface area contributed by atoms with Gasteiger partial charge in [-0.05, 0) is 36.4 Å². The summed E-state index contributed by atoms with van der Waals surface area (Å²) in [6.07, 6.45) is 0. The zero-order valence-electron chi connectivity index (χ0n) is 12.4. The van der Waals surface area contributed by atoms with Crippen molar-refractivity contribution < 1.29 is 14.3 Å². The molecule has 0 fully saturated rings. The Morgan fingerprint density at radius 2 is 1.74 bits per heavy atom. The van der Waals surface area contributed by atoms with E-state index in [-0.39, 0.29) is 19.1 Å². The predicted octanol–water partition coefficient (Wildman–Crippen LogP) is 1.33. The molecule has 0 saturated heterocycles. The van der Waals surface area contributed by atoms with Crippen LogP contribution in [0.25, 0.3) is 0 Å². The molecule has 0 atom stereocenters. The van der Waals surface area contributed by atoms with Crippen LogP contribution >= 0.6 is 0 Å². The third-order valence-corrected chi connectivity index (χ3v) is 2.89. The molecule has 0 aromatic heterocycles. The Balaban J connectivity index is 1.74. The molecule has 0 spiro atoms. The minimum Gasteiger partial charge on any atom is -0.484 e. The highest BCUT2D eigenvalue weighted by Gasteiger charge is 2.00. The number of primary amides is 1. The SMILES string of the molecule is NC(=O)c1ccc(C#CCNC(=O)COc2ccccc2)cc1. The maximum atomic E-state index is 11.6. The zero-order chi connectivity index (χ0) is 16.5. The van der Waals surface area contributed by atoms with Crippen molar-refractivity contribution in [2.24, 2.45) is 5.73 Å². The number of hydrogen-bond acceptors (Lipinski definition) is 3. The maximum Gasteiger partial charge on any atom is 0.258 e. The minimum atomic E-state index is -0.477. The normalized spacial score (nSPS) is 9.39. The third-order valence-electron chi connectivity index (χ3n) is 2.89. The molecule has 0 bridgehead atoms. The number of ether oxygens (including phenoxy) is 1. The number of carbonyl (C=O) groups is 2. The molecule has 2 aromatic rings. The number of rotatable bonds is 5. The van der Waals surface area contributed by atoms with Crippen LogP contribution in [0.3, 0.4) is 0 Å². The fourth-order valence-electron chi connectivity index (χ4n) is 1.72. The quantitative estimate of drug-likeness (QED) is 0.818. The third kappa shape index (κ3) is 5.56. The van der Waals surface area contributed by atoms with Crippen LogP contribution in [0.1, 0.15) is 15.9 Å². The topological polar surface area (TPSA) is 81.4 Å². The van der Waals surface area contributed by atoms with E-state index in [0.717, 1.165) is 5.56 Å². The molecule has 0 saturated carbocycles. The van der Waals surface area contributed by atoms with Gasteiger partial charge in [0.15, 0.2) is 6.61 Å². The van der Waals surface area contributed by atoms with Crippen molar-refractivity contribution in [2.75, 3.05) is 13.2 Å². The van der Waals surface area contributed by atoms with Crippen molar-refractivity contribution in [1.82, 2.24) is 5.32 Å². The molecular formula is C18H16N2O3. The highest BCUT2D eigenvalue weighted by molar-refractivity contribution is 5.92. The highest BCUT2D eigenvalue weighted by Crippen LogP contribution is 2.07. The molecule has 2 rings (SSSR count). The standard InChI is InChI=1S/C18H16N2O3/c19-18(22)15-10-8-14(9-11-15)5-4-12-20-17(21)13-23-16-6-2-1-3-7-16/h1-3,6-11H,12-13H2,(H2,19,22)(H,20,21). The van der Waals surface area contributed by atoms with E-state index in [4.69, 9.17) is 10.5 Å². The van der Waals surface area contributed by atoms with Crippen molar-refractivity contribution in [1.29, 1.82) is 0 Å². The Labute approximate surface area is 134 Å². The second-order valence-electron chi connectivity index (χ2n) is 4.62. The molecule has 23 heavy (non-hydrogen) atoms. The van der Waals surface area contributed by atoms with Gasteiger partial charge in [-0.25, -0.2) is 0 Å². The molecule has 116 valence electrons. The van der Waals surface area contributed by atoms with Gasteiger partial charge in [-0.15, -0.1) is 0 Å². The molecular weight excluding hydrogens is 292 g/mol. The fourth-order valence-corrected chi connectivity index (χ4v) is 1.72. The summed E-state index contributed by atoms with van der Waals surface area (Å²) in [7, 11) is 0.